The van der Waals surface area contributed by atoms with Crippen LogP contribution >= 0.6 is 0 Å². The highest BCUT2D eigenvalue weighted by Crippen LogP contribution is 2.07. The van der Waals surface area contributed by atoms with E-state index in [2.05, 4.69) is 5.92 Å². The summed E-state index contributed by atoms with van der Waals surface area (Å²) in [6.07, 6.45) is 5.04. The van der Waals surface area contributed by atoms with Crippen LogP contribution in [-0.4, -0.2) is 53.1 Å². The van der Waals surface area contributed by atoms with Crippen molar-refractivity contribution in [2.45, 2.75) is 26.3 Å². The highest BCUT2D eigenvalue weighted by molar-refractivity contribution is 5.76. The molecular weight excluding hydrogens is 208 g/mol. The summed E-state index contributed by atoms with van der Waals surface area (Å²) in [5.74, 6) is 1.45. The number of carbonyl (C=O) groups is 2. The van der Waals surface area contributed by atoms with E-state index < -0.39 is 5.97 Å². The molecule has 2 amide bonds. The molecule has 5 nitrogen and oxygen atoms in total. The average molecular weight is 226 g/mol. The smallest absolute Gasteiger partial charge is 0.320 e. The van der Waals surface area contributed by atoms with Crippen molar-refractivity contribution in [1.82, 2.24) is 9.80 Å². The van der Waals surface area contributed by atoms with Gasteiger partial charge >= 0.3 is 12.0 Å². The Bertz CT molecular complexity index is 296. The number of aliphatic carboxylic acids is 1. The van der Waals surface area contributed by atoms with Crippen LogP contribution in [0.4, 0.5) is 4.79 Å². The van der Waals surface area contributed by atoms with Crippen LogP contribution in [0.25, 0.3) is 0 Å². The number of nitrogens with zero attached hydrogens (tertiary/aromatic N) is 2. The van der Waals surface area contributed by atoms with Crippen molar-refractivity contribution < 1.29 is 14.7 Å². The summed E-state index contributed by atoms with van der Waals surface area (Å²) in [6.45, 7) is 4.19. The fraction of sp³-hybridized carbons (Fsp3) is 0.636. The molecule has 90 valence electrons. The fourth-order valence-electron chi connectivity index (χ4n) is 1.42. The molecule has 0 bridgehead atoms. The van der Waals surface area contributed by atoms with Gasteiger partial charge in [0.25, 0.3) is 0 Å². The minimum atomic E-state index is -0.918. The molecule has 0 aromatic rings. The van der Waals surface area contributed by atoms with E-state index in [-0.39, 0.29) is 25.0 Å². The molecule has 0 aliphatic rings. The Morgan fingerprint density at radius 2 is 2.06 bits per heavy atom. The Kier molecular flexibility index (Phi) is 6.01. The third-order valence-electron chi connectivity index (χ3n) is 2.24. The van der Waals surface area contributed by atoms with Crippen LogP contribution in [0.5, 0.6) is 0 Å². The zero-order valence-electron chi connectivity index (χ0n) is 9.93. The summed E-state index contributed by atoms with van der Waals surface area (Å²) in [4.78, 5) is 25.3. The molecule has 0 aliphatic carbocycles. The molecule has 0 saturated heterocycles. The molecule has 1 atom stereocenters. The number of carbonyl (C=O) groups excluding carboxylic acids is 1. The first-order valence-electron chi connectivity index (χ1n) is 5.11. The van der Waals surface area contributed by atoms with Gasteiger partial charge in [-0.05, 0) is 13.8 Å². The summed E-state index contributed by atoms with van der Waals surface area (Å²) in [5, 5.41) is 8.67. The fourth-order valence-corrected chi connectivity index (χ4v) is 1.42. The number of hydrogen-bond donors (Lipinski definition) is 1. The number of urea groups is 1. The van der Waals surface area contributed by atoms with Crippen molar-refractivity contribution in [2.75, 3.05) is 20.1 Å². The SMILES string of the molecule is C#CCN(C)C(=O)N(CC)C(C)CC(=O)O. The lowest BCUT2D eigenvalue weighted by atomic mass is 10.2. The lowest BCUT2D eigenvalue weighted by Gasteiger charge is -2.30. The largest absolute Gasteiger partial charge is 0.481 e. The molecule has 0 radical (unpaired) electrons. The first-order chi connectivity index (χ1) is 7.43. The Morgan fingerprint density at radius 3 is 2.44 bits per heavy atom. The predicted molar refractivity (Wildman–Crippen MR) is 61.0 cm³/mol. The van der Waals surface area contributed by atoms with Gasteiger partial charge in [0.1, 0.15) is 0 Å². The highest BCUT2D eigenvalue weighted by atomic mass is 16.4. The van der Waals surface area contributed by atoms with Gasteiger partial charge in [0.05, 0.1) is 13.0 Å². The maximum atomic E-state index is 11.9. The van der Waals surface area contributed by atoms with E-state index in [1.807, 2.05) is 0 Å². The second-order valence-corrected chi connectivity index (χ2v) is 3.58. The summed E-state index contributed by atoms with van der Waals surface area (Å²) < 4.78 is 0. The Hall–Kier alpha value is -1.70. The van der Waals surface area contributed by atoms with Gasteiger partial charge in [-0.25, -0.2) is 4.79 Å². The average Bonchev–Trinajstić information content (AvgIpc) is 2.17. The quantitative estimate of drug-likeness (QED) is 0.707. The van der Waals surface area contributed by atoms with E-state index in [0.29, 0.717) is 6.54 Å². The van der Waals surface area contributed by atoms with Crippen LogP contribution in [0.15, 0.2) is 0 Å². The second-order valence-electron chi connectivity index (χ2n) is 3.58. The standard InChI is InChI=1S/C11H18N2O3/c1-5-7-12(4)11(16)13(6-2)9(3)8-10(14)15/h1,9H,6-8H2,2-4H3,(H,14,15). The third-order valence-corrected chi connectivity index (χ3v) is 2.24. The van der Waals surface area contributed by atoms with Crippen molar-refractivity contribution in [3.63, 3.8) is 0 Å². The van der Waals surface area contributed by atoms with Gasteiger partial charge in [0.15, 0.2) is 0 Å². The minimum absolute atomic E-state index is 0.0660. The molecule has 0 aromatic heterocycles. The lowest BCUT2D eigenvalue weighted by molar-refractivity contribution is -0.138. The van der Waals surface area contributed by atoms with Gasteiger partial charge in [-0.2, -0.15) is 0 Å². The number of carboxylic acid groups (broad SMARTS) is 1. The first-order valence-corrected chi connectivity index (χ1v) is 5.11. The van der Waals surface area contributed by atoms with E-state index in [9.17, 15) is 9.59 Å². The molecule has 16 heavy (non-hydrogen) atoms. The van der Waals surface area contributed by atoms with Gasteiger partial charge < -0.3 is 14.9 Å². The molecule has 1 unspecified atom stereocenters. The molecule has 5 heteroatoms. The number of carboxylic acids is 1. The van der Waals surface area contributed by atoms with Crippen molar-refractivity contribution >= 4 is 12.0 Å². The first kappa shape index (κ1) is 14.3. The molecule has 0 fully saturated rings. The van der Waals surface area contributed by atoms with Crippen LogP contribution in [0.2, 0.25) is 0 Å². The predicted octanol–water partition coefficient (Wildman–Crippen LogP) is 0.857. The van der Waals surface area contributed by atoms with Gasteiger partial charge in [-0.3, -0.25) is 4.79 Å². The van der Waals surface area contributed by atoms with E-state index in [4.69, 9.17) is 11.5 Å². The highest BCUT2D eigenvalue weighted by Gasteiger charge is 2.22. The van der Waals surface area contributed by atoms with Crippen LogP contribution in [0, 0.1) is 12.3 Å². The zero-order valence-corrected chi connectivity index (χ0v) is 9.93. The van der Waals surface area contributed by atoms with E-state index in [0.717, 1.165) is 0 Å². The van der Waals surface area contributed by atoms with Gasteiger partial charge in [-0.1, -0.05) is 5.92 Å². The normalized spacial score (nSPS) is 11.4. The third kappa shape index (κ3) is 4.22. The monoisotopic (exact) mass is 226 g/mol. The maximum Gasteiger partial charge on any atom is 0.320 e. The molecule has 0 rings (SSSR count). The van der Waals surface area contributed by atoms with Crippen LogP contribution in [0.1, 0.15) is 20.3 Å². The number of rotatable bonds is 5. The van der Waals surface area contributed by atoms with Crippen molar-refractivity contribution in [3.8, 4) is 12.3 Å². The van der Waals surface area contributed by atoms with E-state index in [1.165, 1.54) is 9.80 Å². The maximum absolute atomic E-state index is 11.9. The molecule has 0 saturated carbocycles. The summed E-state index contributed by atoms with van der Waals surface area (Å²) in [5.41, 5.74) is 0. The van der Waals surface area contributed by atoms with Gasteiger partial charge in [-0.15, -0.1) is 6.42 Å². The number of hydrogen-bond acceptors (Lipinski definition) is 2. The van der Waals surface area contributed by atoms with Crippen molar-refractivity contribution in [1.29, 1.82) is 0 Å². The van der Waals surface area contributed by atoms with E-state index in [1.54, 1.807) is 20.9 Å². The van der Waals surface area contributed by atoms with Crippen molar-refractivity contribution in [3.05, 3.63) is 0 Å². The number of amides is 2. The molecule has 1 N–H and O–H groups in total. The number of terminal acetylenes is 1. The Labute approximate surface area is 96.0 Å². The van der Waals surface area contributed by atoms with E-state index >= 15 is 0 Å². The Balaban J connectivity index is 4.54. The molecule has 0 heterocycles. The molecule has 0 aromatic carbocycles. The molecular formula is C11H18N2O3. The van der Waals surface area contributed by atoms with Crippen LogP contribution in [0.3, 0.4) is 0 Å². The second kappa shape index (κ2) is 6.72. The molecule has 0 spiro atoms. The van der Waals surface area contributed by atoms with Crippen LogP contribution < -0.4 is 0 Å². The molecule has 0 aliphatic heterocycles. The Morgan fingerprint density at radius 1 is 1.50 bits per heavy atom. The minimum Gasteiger partial charge on any atom is -0.481 e. The topological polar surface area (TPSA) is 60.9 Å². The van der Waals surface area contributed by atoms with Crippen molar-refractivity contribution in [2.24, 2.45) is 0 Å². The van der Waals surface area contributed by atoms with Gasteiger partial charge in [0.2, 0.25) is 0 Å². The summed E-state index contributed by atoms with van der Waals surface area (Å²) in [7, 11) is 1.60. The summed E-state index contributed by atoms with van der Waals surface area (Å²) >= 11 is 0. The summed E-state index contributed by atoms with van der Waals surface area (Å²) in [6, 6.07) is -0.579. The lowest BCUT2D eigenvalue weighted by Crippen LogP contribution is -2.46. The zero-order chi connectivity index (χ0) is 12.7. The van der Waals surface area contributed by atoms with Crippen LogP contribution in [-0.2, 0) is 4.79 Å². The van der Waals surface area contributed by atoms with Gasteiger partial charge in [0, 0.05) is 19.6 Å².